The maximum Gasteiger partial charge on any atom is 0.310 e. The number of hydrogen-bond donors (Lipinski definition) is 2. The molecule has 0 radical (unpaired) electrons. The summed E-state index contributed by atoms with van der Waals surface area (Å²) in [7, 11) is 0. The Kier molecular flexibility index (Phi) is 4.29. The molecule has 0 aliphatic carbocycles. The third-order valence-corrected chi connectivity index (χ3v) is 3.22. The molecule has 1 saturated heterocycles. The van der Waals surface area contributed by atoms with Crippen molar-refractivity contribution in [3.8, 4) is 0 Å². The molecule has 3 N–H and O–H groups in total. The zero-order valence-electron chi connectivity index (χ0n) is 9.74. The Morgan fingerprint density at radius 1 is 1.50 bits per heavy atom. The second-order valence-electron chi connectivity index (χ2n) is 4.62. The first-order valence-electron chi connectivity index (χ1n) is 5.74. The molecule has 1 aliphatic rings. The molecule has 0 spiro atoms. The van der Waals surface area contributed by atoms with Gasteiger partial charge in [-0.1, -0.05) is 13.3 Å². The highest BCUT2D eigenvalue weighted by Crippen LogP contribution is 2.34. The highest BCUT2D eigenvalue weighted by Gasteiger charge is 2.41. The van der Waals surface area contributed by atoms with Gasteiger partial charge in [0.15, 0.2) is 0 Å². The summed E-state index contributed by atoms with van der Waals surface area (Å²) in [6.07, 6.45) is 3.03. The molecule has 1 amide bonds. The van der Waals surface area contributed by atoms with Crippen LogP contribution in [0, 0.1) is 5.41 Å². The van der Waals surface area contributed by atoms with Crippen LogP contribution in [-0.4, -0.2) is 41.5 Å². The molecular weight excluding hydrogens is 208 g/mol. The summed E-state index contributed by atoms with van der Waals surface area (Å²) in [4.78, 5) is 24.1. The number of nitrogens with zero attached hydrogens (tertiary/aromatic N) is 1. The lowest BCUT2D eigenvalue weighted by molar-refractivity contribution is -0.153. The molecule has 1 heterocycles. The molecule has 5 nitrogen and oxygen atoms in total. The Morgan fingerprint density at radius 2 is 2.19 bits per heavy atom. The molecule has 1 aliphatic heterocycles. The van der Waals surface area contributed by atoms with Crippen molar-refractivity contribution in [1.29, 1.82) is 0 Å². The number of amides is 1. The van der Waals surface area contributed by atoms with Gasteiger partial charge in [-0.05, 0) is 25.8 Å². The zero-order valence-corrected chi connectivity index (χ0v) is 9.74. The van der Waals surface area contributed by atoms with Crippen LogP contribution in [0.2, 0.25) is 0 Å². The van der Waals surface area contributed by atoms with E-state index in [9.17, 15) is 14.7 Å². The summed E-state index contributed by atoms with van der Waals surface area (Å²) in [5, 5.41) is 9.33. The SMILES string of the molecule is CCCC1(C(=O)O)CCCN(CC(N)=O)C1. The van der Waals surface area contributed by atoms with Crippen LogP contribution in [0.25, 0.3) is 0 Å². The van der Waals surface area contributed by atoms with Gasteiger partial charge in [0.1, 0.15) is 0 Å². The van der Waals surface area contributed by atoms with Crippen LogP contribution in [0.4, 0.5) is 0 Å². The molecule has 1 unspecified atom stereocenters. The normalized spacial score (nSPS) is 26.6. The van der Waals surface area contributed by atoms with E-state index < -0.39 is 17.3 Å². The van der Waals surface area contributed by atoms with E-state index in [1.54, 1.807) is 0 Å². The number of likely N-dealkylation sites (tertiary alicyclic amines) is 1. The van der Waals surface area contributed by atoms with Crippen LogP contribution in [0.3, 0.4) is 0 Å². The number of rotatable bonds is 5. The number of nitrogens with two attached hydrogens (primary N) is 1. The molecule has 0 saturated carbocycles. The quantitative estimate of drug-likeness (QED) is 0.715. The minimum atomic E-state index is -0.747. The van der Waals surface area contributed by atoms with Crippen LogP contribution in [0.15, 0.2) is 0 Å². The summed E-state index contributed by atoms with van der Waals surface area (Å²) in [5.41, 5.74) is 4.46. The third-order valence-electron chi connectivity index (χ3n) is 3.22. The Morgan fingerprint density at radius 3 is 2.69 bits per heavy atom. The summed E-state index contributed by atoms with van der Waals surface area (Å²) in [6, 6.07) is 0. The van der Waals surface area contributed by atoms with Gasteiger partial charge < -0.3 is 10.8 Å². The van der Waals surface area contributed by atoms with Crippen LogP contribution < -0.4 is 5.73 Å². The maximum absolute atomic E-state index is 11.4. The number of carboxylic acid groups (broad SMARTS) is 1. The van der Waals surface area contributed by atoms with E-state index in [1.165, 1.54) is 0 Å². The molecule has 0 aromatic rings. The second-order valence-corrected chi connectivity index (χ2v) is 4.62. The molecule has 1 fully saturated rings. The molecule has 1 rings (SSSR count). The van der Waals surface area contributed by atoms with Crippen molar-refractivity contribution in [3.05, 3.63) is 0 Å². The number of carboxylic acids is 1. The summed E-state index contributed by atoms with van der Waals surface area (Å²) in [6.45, 7) is 3.36. The monoisotopic (exact) mass is 228 g/mol. The first-order valence-corrected chi connectivity index (χ1v) is 5.74. The smallest absolute Gasteiger partial charge is 0.310 e. The van der Waals surface area contributed by atoms with E-state index in [-0.39, 0.29) is 6.54 Å². The summed E-state index contributed by atoms with van der Waals surface area (Å²) >= 11 is 0. The van der Waals surface area contributed by atoms with Crippen molar-refractivity contribution in [2.24, 2.45) is 11.1 Å². The molecule has 92 valence electrons. The molecule has 0 bridgehead atoms. The number of piperidine rings is 1. The number of aliphatic carboxylic acids is 1. The number of primary amides is 1. The fourth-order valence-corrected chi connectivity index (χ4v) is 2.55. The summed E-state index contributed by atoms with van der Waals surface area (Å²) in [5.74, 6) is -1.14. The van der Waals surface area contributed by atoms with Gasteiger partial charge in [0, 0.05) is 6.54 Å². The van der Waals surface area contributed by atoms with Gasteiger partial charge in [0.05, 0.1) is 12.0 Å². The van der Waals surface area contributed by atoms with Gasteiger partial charge in [-0.25, -0.2) is 0 Å². The largest absolute Gasteiger partial charge is 0.481 e. The Labute approximate surface area is 95.6 Å². The van der Waals surface area contributed by atoms with Crippen molar-refractivity contribution >= 4 is 11.9 Å². The highest BCUT2D eigenvalue weighted by molar-refractivity contribution is 5.77. The van der Waals surface area contributed by atoms with E-state index in [0.29, 0.717) is 19.4 Å². The standard InChI is InChI=1S/C11H20N2O3/c1-2-4-11(10(15)16)5-3-6-13(8-11)7-9(12)14/h2-8H2,1H3,(H2,12,14)(H,15,16). The molecule has 0 aromatic heterocycles. The molecule has 0 aromatic carbocycles. The first-order chi connectivity index (χ1) is 7.50. The highest BCUT2D eigenvalue weighted by atomic mass is 16.4. The maximum atomic E-state index is 11.4. The van der Waals surface area contributed by atoms with Gasteiger partial charge in [0.2, 0.25) is 5.91 Å². The van der Waals surface area contributed by atoms with E-state index in [4.69, 9.17) is 5.73 Å². The number of carbonyl (C=O) groups excluding carboxylic acids is 1. The number of hydrogen-bond acceptors (Lipinski definition) is 3. The molecule has 16 heavy (non-hydrogen) atoms. The predicted octanol–water partition coefficient (Wildman–Crippen LogP) is 0.439. The van der Waals surface area contributed by atoms with Gasteiger partial charge in [-0.15, -0.1) is 0 Å². The summed E-state index contributed by atoms with van der Waals surface area (Å²) < 4.78 is 0. The Bertz CT molecular complexity index is 276. The van der Waals surface area contributed by atoms with E-state index >= 15 is 0 Å². The van der Waals surface area contributed by atoms with Crippen LogP contribution in [0.5, 0.6) is 0 Å². The van der Waals surface area contributed by atoms with E-state index in [2.05, 4.69) is 0 Å². The molecular formula is C11H20N2O3. The minimum absolute atomic E-state index is 0.165. The topological polar surface area (TPSA) is 83.6 Å². The van der Waals surface area contributed by atoms with Crippen molar-refractivity contribution in [2.45, 2.75) is 32.6 Å². The van der Waals surface area contributed by atoms with Crippen molar-refractivity contribution < 1.29 is 14.7 Å². The van der Waals surface area contributed by atoms with Gasteiger partial charge in [-0.3, -0.25) is 14.5 Å². The second kappa shape index (κ2) is 5.30. The Balaban J connectivity index is 2.70. The third kappa shape index (κ3) is 2.95. The van der Waals surface area contributed by atoms with Crippen molar-refractivity contribution in [1.82, 2.24) is 4.90 Å². The average Bonchev–Trinajstić information content (AvgIpc) is 2.17. The van der Waals surface area contributed by atoms with Crippen molar-refractivity contribution in [2.75, 3.05) is 19.6 Å². The average molecular weight is 228 g/mol. The van der Waals surface area contributed by atoms with Crippen LogP contribution in [0.1, 0.15) is 32.6 Å². The zero-order chi connectivity index (χ0) is 12.2. The molecule has 1 atom stereocenters. The lowest BCUT2D eigenvalue weighted by atomic mass is 9.76. The fraction of sp³-hybridized carbons (Fsp3) is 0.818. The van der Waals surface area contributed by atoms with E-state index in [1.807, 2.05) is 11.8 Å². The van der Waals surface area contributed by atoms with Gasteiger partial charge in [-0.2, -0.15) is 0 Å². The van der Waals surface area contributed by atoms with Crippen LogP contribution >= 0.6 is 0 Å². The lowest BCUT2D eigenvalue weighted by Crippen LogP contribution is -2.49. The van der Waals surface area contributed by atoms with Gasteiger partial charge >= 0.3 is 5.97 Å². The van der Waals surface area contributed by atoms with E-state index in [0.717, 1.165) is 19.4 Å². The van der Waals surface area contributed by atoms with Gasteiger partial charge in [0.25, 0.3) is 0 Å². The lowest BCUT2D eigenvalue weighted by Gasteiger charge is -2.39. The molecule has 5 heteroatoms. The Hall–Kier alpha value is -1.10. The van der Waals surface area contributed by atoms with Crippen LogP contribution in [-0.2, 0) is 9.59 Å². The fourth-order valence-electron chi connectivity index (χ4n) is 2.55. The predicted molar refractivity (Wildman–Crippen MR) is 59.8 cm³/mol. The number of carbonyl (C=O) groups is 2. The first kappa shape index (κ1) is 13.0. The van der Waals surface area contributed by atoms with Crippen molar-refractivity contribution in [3.63, 3.8) is 0 Å². The minimum Gasteiger partial charge on any atom is -0.481 e.